The van der Waals surface area contributed by atoms with Gasteiger partial charge in [-0.1, -0.05) is 30.3 Å². The van der Waals surface area contributed by atoms with Gasteiger partial charge in [0.15, 0.2) is 0 Å². The topological polar surface area (TPSA) is 46.4 Å². The highest BCUT2D eigenvalue weighted by molar-refractivity contribution is 5.58. The van der Waals surface area contributed by atoms with E-state index >= 15 is 0 Å². The lowest BCUT2D eigenvalue weighted by Crippen LogP contribution is -2.23. The Hall–Kier alpha value is -2.36. The average Bonchev–Trinajstić information content (AvgIpc) is 2.70. The number of aryl methyl sites for hydroxylation is 1. The Labute approximate surface area is 124 Å². The summed E-state index contributed by atoms with van der Waals surface area (Å²) in [5.74, 6) is 0. The Kier molecular flexibility index (Phi) is 3.86. The molecule has 0 unspecified atom stereocenters. The van der Waals surface area contributed by atoms with E-state index in [9.17, 15) is 10.1 Å². The van der Waals surface area contributed by atoms with Crippen LogP contribution in [-0.4, -0.2) is 11.5 Å². The molecule has 1 aliphatic rings. The van der Waals surface area contributed by atoms with Crippen molar-refractivity contribution in [3.05, 3.63) is 69.8 Å². The van der Waals surface area contributed by atoms with E-state index < -0.39 is 0 Å². The lowest BCUT2D eigenvalue weighted by Gasteiger charge is -2.25. The number of nitro groups is 1. The molecule has 0 radical (unpaired) electrons. The zero-order chi connectivity index (χ0) is 14.7. The Balaban J connectivity index is 1.91. The summed E-state index contributed by atoms with van der Waals surface area (Å²) in [7, 11) is 0. The van der Waals surface area contributed by atoms with Crippen LogP contribution in [0.4, 0.5) is 11.4 Å². The van der Waals surface area contributed by atoms with Gasteiger partial charge < -0.3 is 4.90 Å². The van der Waals surface area contributed by atoms with Gasteiger partial charge in [-0.15, -0.1) is 0 Å². The summed E-state index contributed by atoms with van der Waals surface area (Å²) in [4.78, 5) is 13.0. The smallest absolute Gasteiger partial charge is 0.269 e. The lowest BCUT2D eigenvalue weighted by molar-refractivity contribution is -0.384. The van der Waals surface area contributed by atoms with Gasteiger partial charge in [-0.05, 0) is 36.5 Å². The number of hydrogen-bond donors (Lipinski definition) is 0. The third kappa shape index (κ3) is 3.05. The molecule has 0 fully saturated rings. The molecular formula is C17H18N2O2. The van der Waals surface area contributed by atoms with E-state index in [0.717, 1.165) is 43.6 Å². The van der Waals surface area contributed by atoms with Crippen molar-refractivity contribution in [2.45, 2.75) is 25.8 Å². The van der Waals surface area contributed by atoms with Crippen LogP contribution >= 0.6 is 0 Å². The maximum absolute atomic E-state index is 10.9. The number of fused-ring (bicyclic) bond motifs is 1. The second-order valence-corrected chi connectivity index (χ2v) is 5.43. The predicted molar refractivity (Wildman–Crippen MR) is 83.5 cm³/mol. The molecule has 2 aromatic rings. The van der Waals surface area contributed by atoms with Crippen molar-refractivity contribution in [1.29, 1.82) is 0 Å². The summed E-state index contributed by atoms with van der Waals surface area (Å²) in [6.07, 6.45) is 3.12. The first-order chi connectivity index (χ1) is 10.2. The molecule has 0 saturated carbocycles. The number of hydrogen-bond acceptors (Lipinski definition) is 3. The molecule has 3 rings (SSSR count). The monoisotopic (exact) mass is 282 g/mol. The molecular weight excluding hydrogens is 264 g/mol. The quantitative estimate of drug-likeness (QED) is 0.633. The number of rotatable bonds is 3. The average molecular weight is 282 g/mol. The fraction of sp³-hybridized carbons (Fsp3) is 0.294. The molecule has 0 atom stereocenters. The summed E-state index contributed by atoms with van der Waals surface area (Å²) in [6, 6.07) is 15.6. The second kappa shape index (κ2) is 5.95. The van der Waals surface area contributed by atoms with Crippen LogP contribution in [-0.2, 0) is 13.0 Å². The van der Waals surface area contributed by atoms with E-state index in [0.29, 0.717) is 0 Å². The van der Waals surface area contributed by atoms with Crippen molar-refractivity contribution in [2.24, 2.45) is 0 Å². The van der Waals surface area contributed by atoms with E-state index in [1.165, 1.54) is 5.56 Å². The van der Waals surface area contributed by atoms with Gasteiger partial charge in [0.25, 0.3) is 5.69 Å². The molecule has 0 amide bonds. The second-order valence-electron chi connectivity index (χ2n) is 5.43. The van der Waals surface area contributed by atoms with Crippen LogP contribution in [0.5, 0.6) is 0 Å². The van der Waals surface area contributed by atoms with Crippen LogP contribution in [0.2, 0.25) is 0 Å². The van der Waals surface area contributed by atoms with Crippen molar-refractivity contribution in [3.63, 3.8) is 0 Å². The molecule has 21 heavy (non-hydrogen) atoms. The minimum atomic E-state index is -0.313. The third-order valence-electron chi connectivity index (χ3n) is 3.95. The van der Waals surface area contributed by atoms with Gasteiger partial charge in [-0.25, -0.2) is 0 Å². The SMILES string of the molecule is O=[N+]([O-])c1ccc2c(c1)CCCCN2Cc1ccccc1. The molecule has 0 aromatic heterocycles. The normalized spacial score (nSPS) is 14.4. The molecule has 0 saturated heterocycles. The molecule has 0 N–H and O–H groups in total. The Morgan fingerprint density at radius 2 is 1.90 bits per heavy atom. The van der Waals surface area contributed by atoms with Crippen LogP contribution in [0.15, 0.2) is 48.5 Å². The third-order valence-corrected chi connectivity index (χ3v) is 3.95. The number of anilines is 1. The molecule has 108 valence electrons. The van der Waals surface area contributed by atoms with Crippen LogP contribution in [0.1, 0.15) is 24.0 Å². The lowest BCUT2D eigenvalue weighted by atomic mass is 10.1. The number of nitrogens with zero attached hydrogens (tertiary/aromatic N) is 2. The Morgan fingerprint density at radius 1 is 1.10 bits per heavy atom. The van der Waals surface area contributed by atoms with Gasteiger partial charge in [0, 0.05) is 30.9 Å². The largest absolute Gasteiger partial charge is 0.367 e. The van der Waals surface area contributed by atoms with Crippen LogP contribution in [0, 0.1) is 10.1 Å². The first kappa shape index (κ1) is 13.6. The van der Waals surface area contributed by atoms with Gasteiger partial charge >= 0.3 is 0 Å². The molecule has 0 bridgehead atoms. The minimum Gasteiger partial charge on any atom is -0.367 e. The first-order valence-corrected chi connectivity index (χ1v) is 7.30. The number of non-ortho nitro benzene ring substituents is 1. The van der Waals surface area contributed by atoms with E-state index in [4.69, 9.17) is 0 Å². The van der Waals surface area contributed by atoms with Crippen molar-refractivity contribution >= 4 is 11.4 Å². The number of benzene rings is 2. The zero-order valence-electron chi connectivity index (χ0n) is 11.9. The zero-order valence-corrected chi connectivity index (χ0v) is 11.9. The van der Waals surface area contributed by atoms with E-state index in [2.05, 4.69) is 17.0 Å². The van der Waals surface area contributed by atoms with E-state index in [1.807, 2.05) is 24.3 Å². The van der Waals surface area contributed by atoms with Gasteiger partial charge in [-0.2, -0.15) is 0 Å². The van der Waals surface area contributed by atoms with Crippen LogP contribution < -0.4 is 4.90 Å². The maximum atomic E-state index is 10.9. The van der Waals surface area contributed by atoms with E-state index in [1.54, 1.807) is 12.1 Å². The summed E-state index contributed by atoms with van der Waals surface area (Å²) in [5, 5.41) is 10.9. The highest BCUT2D eigenvalue weighted by atomic mass is 16.6. The van der Waals surface area contributed by atoms with Crippen molar-refractivity contribution in [1.82, 2.24) is 0 Å². The van der Waals surface area contributed by atoms with Gasteiger partial charge in [-0.3, -0.25) is 10.1 Å². The minimum absolute atomic E-state index is 0.190. The maximum Gasteiger partial charge on any atom is 0.269 e. The molecule has 2 aromatic carbocycles. The van der Waals surface area contributed by atoms with Crippen molar-refractivity contribution in [2.75, 3.05) is 11.4 Å². The molecule has 4 heteroatoms. The first-order valence-electron chi connectivity index (χ1n) is 7.30. The van der Waals surface area contributed by atoms with Crippen LogP contribution in [0.3, 0.4) is 0 Å². The van der Waals surface area contributed by atoms with Gasteiger partial charge in [0.1, 0.15) is 0 Å². The van der Waals surface area contributed by atoms with E-state index in [-0.39, 0.29) is 10.6 Å². The van der Waals surface area contributed by atoms with Crippen molar-refractivity contribution in [3.8, 4) is 0 Å². The highest BCUT2D eigenvalue weighted by Crippen LogP contribution is 2.30. The predicted octanol–water partition coefficient (Wildman–Crippen LogP) is 3.94. The summed E-state index contributed by atoms with van der Waals surface area (Å²) >= 11 is 0. The summed E-state index contributed by atoms with van der Waals surface area (Å²) in [5.41, 5.74) is 3.69. The molecule has 1 heterocycles. The molecule has 0 aliphatic carbocycles. The summed E-state index contributed by atoms with van der Waals surface area (Å²) < 4.78 is 0. The van der Waals surface area contributed by atoms with Crippen molar-refractivity contribution < 1.29 is 4.92 Å². The highest BCUT2D eigenvalue weighted by Gasteiger charge is 2.18. The standard InChI is InChI=1S/C17H18N2O2/c20-19(21)16-9-10-17-15(12-16)8-4-5-11-18(17)13-14-6-2-1-3-7-14/h1-3,6-7,9-10,12H,4-5,8,11,13H2. The summed E-state index contributed by atoms with van der Waals surface area (Å²) in [6.45, 7) is 1.85. The number of nitro benzene ring substituents is 1. The molecule has 1 aliphatic heterocycles. The van der Waals surface area contributed by atoms with Crippen LogP contribution in [0.25, 0.3) is 0 Å². The fourth-order valence-electron chi connectivity index (χ4n) is 2.90. The van der Waals surface area contributed by atoms with Gasteiger partial charge in [0.2, 0.25) is 0 Å². The fourth-order valence-corrected chi connectivity index (χ4v) is 2.90. The Morgan fingerprint density at radius 3 is 2.67 bits per heavy atom. The molecule has 0 spiro atoms. The Bertz CT molecular complexity index is 640. The van der Waals surface area contributed by atoms with Gasteiger partial charge in [0.05, 0.1) is 4.92 Å². The molecule has 4 nitrogen and oxygen atoms in total.